The highest BCUT2D eigenvalue weighted by Gasteiger charge is 2.40. The van der Waals surface area contributed by atoms with Crippen molar-refractivity contribution in [3.8, 4) is 5.88 Å². The number of carbonyl (C=O) groups is 1. The third kappa shape index (κ3) is 3.64. The van der Waals surface area contributed by atoms with Crippen molar-refractivity contribution in [3.05, 3.63) is 23.9 Å². The number of β-amino-alcohol motifs (C(OH)–C–C–N with tert-alkyl or cyclic N) is 1. The highest BCUT2D eigenvalue weighted by atomic mass is 16.5. The molecule has 1 aromatic rings. The summed E-state index contributed by atoms with van der Waals surface area (Å²) in [5.74, 6) is 0.258. The van der Waals surface area contributed by atoms with E-state index in [1.54, 1.807) is 23.2 Å². The number of carbonyl (C=O) groups excluding carboxylic acids is 1. The minimum atomic E-state index is -0.798. The second-order valence-electron chi connectivity index (χ2n) is 6.47. The van der Waals surface area contributed by atoms with Gasteiger partial charge in [0, 0.05) is 19.3 Å². The van der Waals surface area contributed by atoms with Crippen LogP contribution in [0.1, 0.15) is 36.5 Å². The number of nitrogens with zero attached hydrogens (tertiary/aromatic N) is 3. The zero-order chi connectivity index (χ0) is 16.3. The monoisotopic (exact) mass is 319 g/mol. The third-order valence-corrected chi connectivity index (χ3v) is 4.62. The molecule has 1 amide bonds. The molecule has 0 aromatic carbocycles. The van der Waals surface area contributed by atoms with Gasteiger partial charge in [0.15, 0.2) is 0 Å². The van der Waals surface area contributed by atoms with Gasteiger partial charge in [0.1, 0.15) is 5.56 Å². The van der Waals surface area contributed by atoms with E-state index in [4.69, 9.17) is 4.74 Å². The maximum absolute atomic E-state index is 12.7. The summed E-state index contributed by atoms with van der Waals surface area (Å²) in [6.07, 6.45) is 4.65. The molecule has 6 nitrogen and oxygen atoms in total. The smallest absolute Gasteiger partial charge is 0.259 e. The molecule has 2 saturated heterocycles. The summed E-state index contributed by atoms with van der Waals surface area (Å²) < 4.78 is 5.45. The van der Waals surface area contributed by atoms with Crippen molar-refractivity contribution >= 4 is 5.91 Å². The van der Waals surface area contributed by atoms with Gasteiger partial charge in [0.25, 0.3) is 5.91 Å². The molecule has 1 N–H and O–H groups in total. The normalized spacial score (nSPS) is 25.0. The van der Waals surface area contributed by atoms with Crippen LogP contribution >= 0.6 is 0 Å². The first kappa shape index (κ1) is 16.2. The topological polar surface area (TPSA) is 65.9 Å². The molecular weight excluding hydrogens is 294 g/mol. The first-order chi connectivity index (χ1) is 11.1. The molecule has 3 rings (SSSR count). The maximum Gasteiger partial charge on any atom is 0.259 e. The van der Waals surface area contributed by atoms with Gasteiger partial charge in [-0.3, -0.25) is 4.79 Å². The van der Waals surface area contributed by atoms with E-state index in [2.05, 4.69) is 9.88 Å². The lowest BCUT2D eigenvalue weighted by Gasteiger charge is -2.28. The molecule has 2 aliphatic heterocycles. The number of rotatable bonds is 5. The fraction of sp³-hybridized carbons (Fsp3) is 0.647. The van der Waals surface area contributed by atoms with Crippen LogP contribution in [-0.2, 0) is 0 Å². The third-order valence-electron chi connectivity index (χ3n) is 4.62. The fourth-order valence-corrected chi connectivity index (χ4v) is 3.49. The summed E-state index contributed by atoms with van der Waals surface area (Å²) in [5.41, 5.74) is -0.326. The Kier molecular flexibility index (Phi) is 4.82. The van der Waals surface area contributed by atoms with Gasteiger partial charge in [0.2, 0.25) is 5.88 Å². The Morgan fingerprint density at radius 3 is 2.91 bits per heavy atom. The van der Waals surface area contributed by atoms with Crippen molar-refractivity contribution in [2.45, 2.75) is 31.8 Å². The number of amides is 1. The lowest BCUT2D eigenvalue weighted by Crippen LogP contribution is -2.45. The summed E-state index contributed by atoms with van der Waals surface area (Å²) in [6, 6.07) is 3.47. The number of ether oxygens (including phenoxy) is 1. The molecule has 2 fully saturated rings. The van der Waals surface area contributed by atoms with Crippen molar-refractivity contribution in [2.75, 3.05) is 39.3 Å². The fourth-order valence-electron chi connectivity index (χ4n) is 3.49. The highest BCUT2D eigenvalue weighted by molar-refractivity contribution is 5.96. The molecule has 1 aromatic heterocycles. The lowest BCUT2D eigenvalue weighted by atomic mass is 10.0. The number of likely N-dealkylation sites (tertiary alicyclic amines) is 2. The van der Waals surface area contributed by atoms with Gasteiger partial charge in [-0.25, -0.2) is 4.98 Å². The summed E-state index contributed by atoms with van der Waals surface area (Å²) in [6.45, 7) is 6.04. The molecule has 0 radical (unpaired) electrons. The van der Waals surface area contributed by atoms with Crippen LogP contribution in [0, 0.1) is 0 Å². The van der Waals surface area contributed by atoms with Crippen LogP contribution in [0.4, 0.5) is 0 Å². The predicted octanol–water partition coefficient (Wildman–Crippen LogP) is 1.15. The van der Waals surface area contributed by atoms with E-state index in [0.29, 0.717) is 44.1 Å². The van der Waals surface area contributed by atoms with Gasteiger partial charge in [-0.2, -0.15) is 0 Å². The van der Waals surface area contributed by atoms with E-state index in [0.717, 1.165) is 13.1 Å². The van der Waals surface area contributed by atoms with E-state index in [9.17, 15) is 9.90 Å². The molecule has 2 aliphatic rings. The Morgan fingerprint density at radius 2 is 2.17 bits per heavy atom. The molecule has 3 heterocycles. The lowest BCUT2D eigenvalue weighted by molar-refractivity contribution is 0.0175. The van der Waals surface area contributed by atoms with Crippen molar-refractivity contribution in [2.24, 2.45) is 0 Å². The molecule has 0 aliphatic carbocycles. The van der Waals surface area contributed by atoms with Crippen molar-refractivity contribution in [1.82, 2.24) is 14.8 Å². The zero-order valence-corrected chi connectivity index (χ0v) is 13.7. The molecule has 0 saturated carbocycles. The van der Waals surface area contributed by atoms with Crippen LogP contribution in [0.3, 0.4) is 0 Å². The molecule has 1 unspecified atom stereocenters. The molecule has 6 heteroatoms. The maximum atomic E-state index is 12.7. The van der Waals surface area contributed by atoms with E-state index < -0.39 is 5.60 Å². The Balaban J connectivity index is 1.67. The second-order valence-corrected chi connectivity index (χ2v) is 6.47. The standard InChI is InChI=1S/C17H25N3O3/c1-2-23-15-14(6-5-8-18-15)16(21)20-11-7-17(22,13-20)12-19-9-3-4-10-19/h5-6,8,22H,2-4,7,9-13H2,1H3. The number of hydrogen-bond donors (Lipinski definition) is 1. The van der Waals surface area contributed by atoms with Gasteiger partial charge in [0.05, 0.1) is 18.8 Å². The van der Waals surface area contributed by atoms with Crippen LogP contribution in [0.15, 0.2) is 18.3 Å². The van der Waals surface area contributed by atoms with Crippen LogP contribution in [-0.4, -0.2) is 70.7 Å². The van der Waals surface area contributed by atoms with Crippen LogP contribution in [0.5, 0.6) is 5.88 Å². The molecule has 126 valence electrons. The van der Waals surface area contributed by atoms with Gasteiger partial charge in [-0.05, 0) is 51.4 Å². The number of aromatic nitrogens is 1. The zero-order valence-electron chi connectivity index (χ0n) is 13.7. The van der Waals surface area contributed by atoms with Gasteiger partial charge >= 0.3 is 0 Å². The molecule has 23 heavy (non-hydrogen) atoms. The van der Waals surface area contributed by atoms with Crippen molar-refractivity contribution in [1.29, 1.82) is 0 Å². The van der Waals surface area contributed by atoms with Gasteiger partial charge < -0.3 is 19.6 Å². The average molecular weight is 319 g/mol. The van der Waals surface area contributed by atoms with Gasteiger partial charge in [-0.15, -0.1) is 0 Å². The first-order valence-electron chi connectivity index (χ1n) is 8.43. The summed E-state index contributed by atoms with van der Waals surface area (Å²) in [4.78, 5) is 20.9. The van der Waals surface area contributed by atoms with Crippen LogP contribution < -0.4 is 4.74 Å². The van der Waals surface area contributed by atoms with Crippen molar-refractivity contribution in [3.63, 3.8) is 0 Å². The summed E-state index contributed by atoms with van der Waals surface area (Å²) in [5, 5.41) is 10.8. The molecule has 0 bridgehead atoms. The first-order valence-corrected chi connectivity index (χ1v) is 8.43. The molecular formula is C17H25N3O3. The summed E-state index contributed by atoms with van der Waals surface area (Å²) in [7, 11) is 0. The van der Waals surface area contributed by atoms with E-state index in [-0.39, 0.29) is 5.91 Å². The number of hydrogen-bond acceptors (Lipinski definition) is 5. The molecule has 1 atom stereocenters. The SMILES string of the molecule is CCOc1ncccc1C(=O)N1CCC(O)(CN2CCCC2)C1. The minimum Gasteiger partial charge on any atom is -0.477 e. The average Bonchev–Trinajstić information content (AvgIpc) is 3.18. The summed E-state index contributed by atoms with van der Waals surface area (Å²) >= 11 is 0. The van der Waals surface area contributed by atoms with E-state index >= 15 is 0 Å². The second kappa shape index (κ2) is 6.84. The number of pyridine rings is 1. The van der Waals surface area contributed by atoms with Gasteiger partial charge in [-0.1, -0.05) is 0 Å². The highest BCUT2D eigenvalue weighted by Crippen LogP contribution is 2.27. The molecule has 0 spiro atoms. The van der Waals surface area contributed by atoms with Crippen LogP contribution in [0.25, 0.3) is 0 Å². The Morgan fingerprint density at radius 1 is 1.39 bits per heavy atom. The number of aliphatic hydroxyl groups is 1. The van der Waals surface area contributed by atoms with E-state index in [1.165, 1.54) is 12.8 Å². The Labute approximate surface area is 137 Å². The minimum absolute atomic E-state index is 0.112. The Bertz CT molecular complexity index is 560. The van der Waals surface area contributed by atoms with E-state index in [1.807, 2.05) is 6.92 Å². The quantitative estimate of drug-likeness (QED) is 0.882. The predicted molar refractivity (Wildman–Crippen MR) is 86.6 cm³/mol. The van der Waals surface area contributed by atoms with Crippen molar-refractivity contribution < 1.29 is 14.6 Å². The Hall–Kier alpha value is -1.66. The van der Waals surface area contributed by atoms with Crippen LogP contribution in [0.2, 0.25) is 0 Å². The largest absolute Gasteiger partial charge is 0.477 e.